The van der Waals surface area contributed by atoms with Gasteiger partial charge in [-0.2, -0.15) is 0 Å². The predicted octanol–water partition coefficient (Wildman–Crippen LogP) is -1.08. The first kappa shape index (κ1) is 9.90. The third-order valence-electron chi connectivity index (χ3n) is 1.17. The van der Waals surface area contributed by atoms with Crippen molar-refractivity contribution in [3.8, 4) is 0 Å². The van der Waals surface area contributed by atoms with Gasteiger partial charge in [-0.3, -0.25) is 4.79 Å². The molecule has 0 fully saturated rings. The Bertz CT molecular complexity index is 158. The van der Waals surface area contributed by atoms with Crippen LogP contribution in [0.15, 0.2) is 0 Å². The molecule has 4 N–H and O–H groups in total. The Kier molecular flexibility index (Phi) is 4.21. The molecule has 1 amide bonds. The zero-order valence-corrected chi connectivity index (χ0v) is 6.33. The molecule has 0 aromatic heterocycles. The minimum Gasteiger partial charge on any atom is -0.474 e. The van der Waals surface area contributed by atoms with Gasteiger partial charge in [0.05, 0.1) is 0 Å². The molecule has 5 nitrogen and oxygen atoms in total. The summed E-state index contributed by atoms with van der Waals surface area (Å²) in [6.07, 6.45) is 0.582. The predicted molar refractivity (Wildman–Crippen MR) is 38.9 cm³/mol. The van der Waals surface area contributed by atoms with Gasteiger partial charge in [0.15, 0.2) is 0 Å². The fraction of sp³-hybridized carbons (Fsp3) is 0.667. The maximum atomic E-state index is 10.5. The minimum absolute atomic E-state index is 0.177. The van der Waals surface area contributed by atoms with Crippen LogP contribution in [0.2, 0.25) is 0 Å². The van der Waals surface area contributed by atoms with Crippen molar-refractivity contribution in [1.29, 1.82) is 0 Å². The number of hydrogen-bond donors (Lipinski definition) is 3. The van der Waals surface area contributed by atoms with Gasteiger partial charge in [-0.05, 0) is 19.9 Å². The second-order valence-electron chi connectivity index (χ2n) is 2.26. The van der Waals surface area contributed by atoms with E-state index in [4.69, 9.17) is 10.8 Å². The zero-order chi connectivity index (χ0) is 8.85. The van der Waals surface area contributed by atoms with Crippen molar-refractivity contribution in [2.24, 2.45) is 5.73 Å². The van der Waals surface area contributed by atoms with Crippen molar-refractivity contribution < 1.29 is 14.7 Å². The van der Waals surface area contributed by atoms with Crippen LogP contribution in [0.3, 0.4) is 0 Å². The topological polar surface area (TPSA) is 92.4 Å². The van der Waals surface area contributed by atoms with Crippen LogP contribution in [0, 0.1) is 0 Å². The number of amides is 1. The molecule has 0 aliphatic heterocycles. The third kappa shape index (κ3) is 4.32. The number of nitrogens with two attached hydrogens (primary N) is 1. The zero-order valence-electron chi connectivity index (χ0n) is 6.33. The third-order valence-corrected chi connectivity index (χ3v) is 1.17. The molecule has 0 aliphatic rings. The molecule has 0 aromatic rings. The van der Waals surface area contributed by atoms with Crippen molar-refractivity contribution in [2.75, 3.05) is 6.54 Å². The van der Waals surface area contributed by atoms with E-state index in [1.165, 1.54) is 0 Å². The summed E-state index contributed by atoms with van der Waals surface area (Å²) in [5.41, 5.74) is 5.18. The molecular formula is C6H12N2O3. The summed E-state index contributed by atoms with van der Waals surface area (Å²) in [6, 6.07) is -0.177. The Balaban J connectivity index is 3.66. The Morgan fingerprint density at radius 1 is 1.64 bits per heavy atom. The Labute approximate surface area is 64.6 Å². The van der Waals surface area contributed by atoms with Crippen LogP contribution in [0.5, 0.6) is 0 Å². The summed E-state index contributed by atoms with van der Waals surface area (Å²) >= 11 is 0. The first-order valence-corrected chi connectivity index (χ1v) is 3.31. The van der Waals surface area contributed by atoms with Crippen LogP contribution in [0.25, 0.3) is 0 Å². The summed E-state index contributed by atoms with van der Waals surface area (Å²) in [6.45, 7) is 2.13. The number of aliphatic carboxylic acids is 1. The number of nitrogens with one attached hydrogen (secondary N) is 1. The van der Waals surface area contributed by atoms with E-state index in [0.717, 1.165) is 0 Å². The second kappa shape index (κ2) is 4.68. The molecule has 0 bridgehead atoms. The Morgan fingerprint density at radius 2 is 2.18 bits per heavy atom. The molecule has 0 aliphatic carbocycles. The number of carbonyl (C=O) groups excluding carboxylic acids is 1. The lowest BCUT2D eigenvalue weighted by molar-refractivity contribution is -0.150. The molecule has 1 atom stereocenters. The highest BCUT2D eigenvalue weighted by Gasteiger charge is 2.12. The first-order valence-electron chi connectivity index (χ1n) is 3.31. The largest absolute Gasteiger partial charge is 0.474 e. The van der Waals surface area contributed by atoms with Crippen LogP contribution < -0.4 is 11.1 Å². The minimum atomic E-state index is -1.46. The lowest BCUT2D eigenvalue weighted by Crippen LogP contribution is -2.38. The average molecular weight is 160 g/mol. The highest BCUT2D eigenvalue weighted by Crippen LogP contribution is 1.86. The molecular weight excluding hydrogens is 148 g/mol. The summed E-state index contributed by atoms with van der Waals surface area (Å²) in [5, 5.41) is 10.4. The van der Waals surface area contributed by atoms with Crippen molar-refractivity contribution in [3.05, 3.63) is 0 Å². The van der Waals surface area contributed by atoms with E-state index < -0.39 is 11.9 Å². The SMILES string of the molecule is CC(CCN)NC(=O)C(=O)O. The number of hydrogen-bond acceptors (Lipinski definition) is 3. The highest BCUT2D eigenvalue weighted by atomic mass is 16.4. The molecule has 0 saturated heterocycles. The normalized spacial score (nSPS) is 12.2. The fourth-order valence-corrected chi connectivity index (χ4v) is 0.608. The molecule has 5 heteroatoms. The van der Waals surface area contributed by atoms with Gasteiger partial charge in [0, 0.05) is 6.04 Å². The maximum absolute atomic E-state index is 10.5. The van der Waals surface area contributed by atoms with Crippen molar-refractivity contribution in [3.63, 3.8) is 0 Å². The molecule has 0 rings (SSSR count). The van der Waals surface area contributed by atoms with Gasteiger partial charge in [0.25, 0.3) is 0 Å². The van der Waals surface area contributed by atoms with Crippen LogP contribution in [-0.4, -0.2) is 29.6 Å². The van der Waals surface area contributed by atoms with Gasteiger partial charge in [-0.1, -0.05) is 0 Å². The number of rotatable bonds is 3. The molecule has 11 heavy (non-hydrogen) atoms. The first-order chi connectivity index (χ1) is 5.07. The molecule has 0 saturated carbocycles. The molecule has 64 valence electrons. The second-order valence-corrected chi connectivity index (χ2v) is 2.26. The van der Waals surface area contributed by atoms with Gasteiger partial charge < -0.3 is 16.2 Å². The molecule has 0 heterocycles. The monoisotopic (exact) mass is 160 g/mol. The Hall–Kier alpha value is -1.10. The summed E-state index contributed by atoms with van der Waals surface area (Å²) in [5.74, 6) is -2.44. The van der Waals surface area contributed by atoms with Gasteiger partial charge in [-0.15, -0.1) is 0 Å². The van der Waals surface area contributed by atoms with Gasteiger partial charge in [0.1, 0.15) is 0 Å². The van der Waals surface area contributed by atoms with Crippen LogP contribution in [0.1, 0.15) is 13.3 Å². The summed E-state index contributed by atoms with van der Waals surface area (Å²) < 4.78 is 0. The number of carboxylic acids is 1. The highest BCUT2D eigenvalue weighted by molar-refractivity contribution is 6.31. The van der Waals surface area contributed by atoms with E-state index in [0.29, 0.717) is 13.0 Å². The van der Waals surface area contributed by atoms with E-state index >= 15 is 0 Å². The van der Waals surface area contributed by atoms with Crippen LogP contribution in [-0.2, 0) is 9.59 Å². The van der Waals surface area contributed by atoms with E-state index in [2.05, 4.69) is 5.32 Å². The molecule has 0 radical (unpaired) electrons. The summed E-state index contributed by atoms with van der Waals surface area (Å²) in [4.78, 5) is 20.5. The number of carbonyl (C=O) groups is 2. The van der Waals surface area contributed by atoms with E-state index in [1.54, 1.807) is 6.92 Å². The van der Waals surface area contributed by atoms with E-state index in [1.807, 2.05) is 0 Å². The van der Waals surface area contributed by atoms with E-state index in [9.17, 15) is 9.59 Å². The van der Waals surface area contributed by atoms with Crippen molar-refractivity contribution >= 4 is 11.9 Å². The van der Waals surface area contributed by atoms with Crippen molar-refractivity contribution in [2.45, 2.75) is 19.4 Å². The van der Waals surface area contributed by atoms with Crippen molar-refractivity contribution in [1.82, 2.24) is 5.32 Å². The van der Waals surface area contributed by atoms with Gasteiger partial charge >= 0.3 is 11.9 Å². The molecule has 0 aromatic carbocycles. The van der Waals surface area contributed by atoms with E-state index in [-0.39, 0.29) is 6.04 Å². The van der Waals surface area contributed by atoms with Crippen LogP contribution in [0.4, 0.5) is 0 Å². The standard InChI is InChI=1S/C6H12N2O3/c1-4(2-3-7)8-5(9)6(10)11/h4H,2-3,7H2,1H3,(H,8,9)(H,10,11). The summed E-state index contributed by atoms with van der Waals surface area (Å²) in [7, 11) is 0. The smallest absolute Gasteiger partial charge is 0.394 e. The fourth-order valence-electron chi connectivity index (χ4n) is 0.608. The Morgan fingerprint density at radius 3 is 2.55 bits per heavy atom. The number of carboxylic acid groups (broad SMARTS) is 1. The van der Waals surface area contributed by atoms with Gasteiger partial charge in [-0.25, -0.2) is 4.79 Å². The van der Waals surface area contributed by atoms with Gasteiger partial charge in [0.2, 0.25) is 0 Å². The van der Waals surface area contributed by atoms with Crippen LogP contribution >= 0.6 is 0 Å². The maximum Gasteiger partial charge on any atom is 0.394 e. The molecule has 1 unspecified atom stereocenters. The lowest BCUT2D eigenvalue weighted by atomic mass is 10.2. The quantitative estimate of drug-likeness (QED) is 0.458. The lowest BCUT2D eigenvalue weighted by Gasteiger charge is -2.09. The average Bonchev–Trinajstić information content (AvgIpc) is 1.87. The molecule has 0 spiro atoms.